The van der Waals surface area contributed by atoms with Gasteiger partial charge in [0.1, 0.15) is 11.9 Å². The SMILES string of the molecule is CN[N+]12C=CN=CC1=C(C(C)(C)C)N=C2c1ccc(NC(=O)Nc2cccc(C(F)(F)F)c2)c2ccccc12. The van der Waals surface area contributed by atoms with Gasteiger partial charge in [-0.05, 0) is 35.7 Å². The van der Waals surface area contributed by atoms with Gasteiger partial charge in [-0.3, -0.25) is 4.99 Å². The fourth-order valence-corrected chi connectivity index (χ4v) is 4.84. The Morgan fingerprint density at radius 1 is 0.923 bits per heavy atom. The zero-order valence-corrected chi connectivity index (χ0v) is 21.9. The van der Waals surface area contributed by atoms with Gasteiger partial charge in [-0.15, -0.1) is 4.59 Å². The van der Waals surface area contributed by atoms with E-state index in [1.165, 1.54) is 12.1 Å². The van der Waals surface area contributed by atoms with Crippen LogP contribution in [0.25, 0.3) is 10.8 Å². The molecule has 200 valence electrons. The molecule has 3 N–H and O–H groups in total. The van der Waals surface area contributed by atoms with Gasteiger partial charge in [-0.1, -0.05) is 51.1 Å². The van der Waals surface area contributed by atoms with Crippen molar-refractivity contribution in [3.05, 3.63) is 95.6 Å². The van der Waals surface area contributed by atoms with Gasteiger partial charge in [0.2, 0.25) is 5.70 Å². The first-order valence-corrected chi connectivity index (χ1v) is 12.3. The zero-order chi connectivity index (χ0) is 28.0. The molecule has 0 aliphatic carbocycles. The Hall–Kier alpha value is -4.28. The Morgan fingerprint density at radius 3 is 2.36 bits per heavy atom. The highest BCUT2D eigenvalue weighted by molar-refractivity contribution is 6.14. The largest absolute Gasteiger partial charge is 0.416 e. The summed E-state index contributed by atoms with van der Waals surface area (Å²) in [6.07, 6.45) is 0.991. The van der Waals surface area contributed by atoms with E-state index in [2.05, 4.69) is 41.8 Å². The predicted octanol–water partition coefficient (Wildman–Crippen LogP) is 7.03. The van der Waals surface area contributed by atoms with Gasteiger partial charge in [0.05, 0.1) is 29.2 Å². The van der Waals surface area contributed by atoms with E-state index in [0.29, 0.717) is 5.69 Å². The topological polar surface area (TPSA) is 77.9 Å². The minimum absolute atomic E-state index is 0.0379. The smallest absolute Gasteiger partial charge is 0.308 e. The number of alkyl halides is 3. The predicted molar refractivity (Wildman–Crippen MR) is 148 cm³/mol. The fraction of sp³-hybridized carbons (Fsp3) is 0.207. The summed E-state index contributed by atoms with van der Waals surface area (Å²) in [6, 6.07) is 15.1. The summed E-state index contributed by atoms with van der Waals surface area (Å²) >= 11 is 0. The van der Waals surface area contributed by atoms with Crippen molar-refractivity contribution in [2.45, 2.75) is 26.9 Å². The van der Waals surface area contributed by atoms with Gasteiger partial charge >= 0.3 is 12.2 Å². The first-order chi connectivity index (χ1) is 18.4. The molecule has 0 saturated heterocycles. The summed E-state index contributed by atoms with van der Waals surface area (Å²) in [5.74, 6) is 0.760. The van der Waals surface area contributed by atoms with Crippen molar-refractivity contribution in [2.24, 2.45) is 15.4 Å². The van der Waals surface area contributed by atoms with Crippen LogP contribution < -0.4 is 16.1 Å². The number of hydrogen-bond acceptors (Lipinski definition) is 4. The van der Waals surface area contributed by atoms with Gasteiger partial charge in [0.15, 0.2) is 0 Å². The second-order valence-corrected chi connectivity index (χ2v) is 10.3. The molecule has 0 bridgehead atoms. The summed E-state index contributed by atoms with van der Waals surface area (Å²) in [7, 11) is 1.86. The van der Waals surface area contributed by atoms with E-state index in [4.69, 9.17) is 4.99 Å². The van der Waals surface area contributed by atoms with E-state index in [0.717, 1.165) is 45.7 Å². The zero-order valence-electron chi connectivity index (χ0n) is 21.9. The quantitative estimate of drug-likeness (QED) is 0.315. The van der Waals surface area contributed by atoms with Crippen LogP contribution in [0.3, 0.4) is 0 Å². The number of nitrogens with zero attached hydrogens (tertiary/aromatic N) is 3. The standard InChI is InChI=1S/C29H27F3N6O/c1-28(2,3)25-24-17-34-14-15-38(24,33-4)26(37-25)22-12-13-23(21-11-6-5-10-20(21)22)36-27(39)35-19-9-7-8-18(16-19)29(30,31)32/h5-17,33H,1-4H3,(H-,34,35,36,37,39)/p+1. The lowest BCUT2D eigenvalue weighted by Crippen LogP contribution is -2.55. The van der Waals surface area contributed by atoms with Crippen molar-refractivity contribution >= 4 is 40.2 Å². The van der Waals surface area contributed by atoms with Crippen LogP contribution in [0.5, 0.6) is 0 Å². The number of carbonyl (C=O) groups is 1. The number of carbonyl (C=O) groups excluding carboxylic acids is 1. The number of halogens is 3. The summed E-state index contributed by atoms with van der Waals surface area (Å²) in [5.41, 5.74) is 5.55. The molecule has 3 aromatic rings. The maximum Gasteiger partial charge on any atom is 0.416 e. The fourth-order valence-electron chi connectivity index (χ4n) is 4.84. The third kappa shape index (κ3) is 4.73. The number of benzene rings is 3. The van der Waals surface area contributed by atoms with Crippen LogP contribution in [-0.2, 0) is 6.18 Å². The van der Waals surface area contributed by atoms with Gasteiger partial charge in [0.25, 0.3) is 5.84 Å². The number of amidine groups is 1. The lowest BCUT2D eigenvalue weighted by Gasteiger charge is -2.31. The number of hydrogen-bond donors (Lipinski definition) is 3. The Morgan fingerprint density at radius 2 is 1.67 bits per heavy atom. The average molecular weight is 534 g/mol. The molecule has 0 fully saturated rings. The van der Waals surface area contributed by atoms with E-state index in [1.54, 1.807) is 12.3 Å². The van der Waals surface area contributed by atoms with Gasteiger partial charge in [-0.2, -0.15) is 23.6 Å². The monoisotopic (exact) mass is 533 g/mol. The molecule has 7 nitrogen and oxygen atoms in total. The molecule has 0 spiro atoms. The van der Waals surface area contributed by atoms with Gasteiger partial charge < -0.3 is 10.6 Å². The van der Waals surface area contributed by atoms with Crippen LogP contribution in [0, 0.1) is 5.41 Å². The minimum Gasteiger partial charge on any atom is -0.308 e. The Kier molecular flexibility index (Phi) is 6.40. The van der Waals surface area contributed by atoms with E-state index in [9.17, 15) is 18.0 Å². The molecule has 2 aliphatic rings. The van der Waals surface area contributed by atoms with Crippen molar-refractivity contribution in [1.29, 1.82) is 0 Å². The highest BCUT2D eigenvalue weighted by atomic mass is 19.4. The number of quaternary nitrogens is 1. The Balaban J connectivity index is 1.52. The van der Waals surface area contributed by atoms with Crippen LogP contribution in [0.15, 0.2) is 94.4 Å². The highest BCUT2D eigenvalue weighted by Crippen LogP contribution is 2.42. The summed E-state index contributed by atoms with van der Waals surface area (Å²) in [5, 5.41) is 6.89. The third-order valence-electron chi connectivity index (χ3n) is 6.67. The van der Waals surface area contributed by atoms with Gasteiger partial charge in [0, 0.05) is 23.5 Å². The number of amides is 2. The normalized spacial score (nSPS) is 18.8. The minimum atomic E-state index is -4.51. The molecular weight excluding hydrogens is 505 g/mol. The molecule has 2 aliphatic heterocycles. The molecule has 3 aromatic carbocycles. The summed E-state index contributed by atoms with van der Waals surface area (Å²) in [4.78, 5) is 22.3. The molecule has 0 aromatic heterocycles. The van der Waals surface area contributed by atoms with E-state index in [1.807, 2.05) is 49.8 Å². The number of anilines is 2. The average Bonchev–Trinajstić information content (AvgIpc) is 3.25. The van der Waals surface area contributed by atoms with Crippen LogP contribution in [0.4, 0.5) is 29.3 Å². The number of nitrogens with one attached hydrogen (secondary N) is 3. The molecule has 0 saturated carbocycles. The lowest BCUT2D eigenvalue weighted by atomic mass is 9.91. The Bertz CT molecular complexity index is 1600. The maximum atomic E-state index is 13.1. The first kappa shape index (κ1) is 26.3. The molecule has 10 heteroatoms. The molecule has 2 heterocycles. The number of aliphatic imine (C=N–C) groups is 2. The van der Waals surface area contributed by atoms with E-state index in [-0.39, 0.29) is 15.7 Å². The van der Waals surface area contributed by atoms with E-state index >= 15 is 0 Å². The molecule has 0 radical (unpaired) electrons. The molecule has 39 heavy (non-hydrogen) atoms. The van der Waals surface area contributed by atoms with Gasteiger partial charge in [-0.25, -0.2) is 4.79 Å². The second kappa shape index (κ2) is 9.48. The molecular formula is C29H28F3N6O+. The summed E-state index contributed by atoms with van der Waals surface area (Å²) < 4.78 is 39.4. The molecule has 1 atom stereocenters. The third-order valence-corrected chi connectivity index (χ3v) is 6.67. The van der Waals surface area contributed by atoms with E-state index < -0.39 is 17.8 Å². The van der Waals surface area contributed by atoms with Crippen molar-refractivity contribution in [3.8, 4) is 0 Å². The first-order valence-electron chi connectivity index (χ1n) is 12.3. The highest BCUT2D eigenvalue weighted by Gasteiger charge is 2.48. The van der Waals surface area contributed by atoms with Crippen LogP contribution >= 0.6 is 0 Å². The molecule has 5 rings (SSSR count). The number of allylic oxidation sites excluding steroid dienone is 2. The second-order valence-electron chi connectivity index (χ2n) is 10.3. The van der Waals surface area contributed by atoms with Crippen LogP contribution in [-0.4, -0.2) is 29.7 Å². The van der Waals surface area contributed by atoms with Crippen LogP contribution in [0.1, 0.15) is 31.9 Å². The number of rotatable bonds is 4. The lowest BCUT2D eigenvalue weighted by molar-refractivity contribution is -0.786. The molecule has 2 amide bonds. The van der Waals surface area contributed by atoms with Crippen LogP contribution in [0.2, 0.25) is 0 Å². The van der Waals surface area contributed by atoms with Crippen molar-refractivity contribution in [3.63, 3.8) is 0 Å². The summed E-state index contributed by atoms with van der Waals surface area (Å²) in [6.45, 7) is 6.31. The van der Waals surface area contributed by atoms with Crippen molar-refractivity contribution in [2.75, 3.05) is 17.7 Å². The van der Waals surface area contributed by atoms with Crippen molar-refractivity contribution in [1.82, 2.24) is 5.43 Å². The number of fused-ring (bicyclic) bond motifs is 2. The Labute approximate surface area is 224 Å². The molecule has 1 unspecified atom stereocenters. The van der Waals surface area contributed by atoms with Crippen molar-refractivity contribution < 1.29 is 22.6 Å². The maximum absolute atomic E-state index is 13.1. The number of urea groups is 1.